The van der Waals surface area contributed by atoms with Gasteiger partial charge in [-0.3, -0.25) is 0 Å². The molecule has 0 aliphatic heterocycles. The van der Waals surface area contributed by atoms with Crippen molar-refractivity contribution < 1.29 is 0 Å². The number of nitrogens with zero attached hydrogens (tertiary/aromatic N) is 1. The van der Waals surface area contributed by atoms with Gasteiger partial charge in [0.05, 0.1) is 0 Å². The van der Waals surface area contributed by atoms with E-state index < -0.39 is 0 Å². The normalized spacial score (nSPS) is 10.9. The molecule has 3 rings (SSSR count). The molecule has 2 aromatic carbocycles. The lowest BCUT2D eigenvalue weighted by Gasteiger charge is -2.02. The van der Waals surface area contributed by atoms with Crippen molar-refractivity contribution in [3.05, 3.63) is 78.1 Å². The molecular weight excluding hydrogens is 232 g/mol. The number of aromatic amines is 1. The van der Waals surface area contributed by atoms with Crippen LogP contribution in [0.5, 0.6) is 0 Å². The third-order valence-corrected chi connectivity index (χ3v) is 2.97. The Bertz CT molecular complexity index is 668. The highest BCUT2D eigenvalue weighted by atomic mass is 14.9. The quantitative estimate of drug-likeness (QED) is 0.688. The van der Waals surface area contributed by atoms with E-state index in [9.17, 15) is 0 Å². The van der Waals surface area contributed by atoms with Gasteiger partial charge in [0, 0.05) is 18.0 Å². The molecule has 3 aromatic rings. The third-order valence-electron chi connectivity index (χ3n) is 2.97. The number of aromatic nitrogens is 2. The molecule has 2 heteroatoms. The van der Waals surface area contributed by atoms with Gasteiger partial charge in [0.2, 0.25) is 0 Å². The summed E-state index contributed by atoms with van der Waals surface area (Å²) in [4.78, 5) is 7.46. The van der Waals surface area contributed by atoms with Crippen LogP contribution < -0.4 is 0 Å². The monoisotopic (exact) mass is 246 g/mol. The zero-order valence-corrected chi connectivity index (χ0v) is 10.5. The predicted molar refractivity (Wildman–Crippen MR) is 79.4 cm³/mol. The van der Waals surface area contributed by atoms with Crippen molar-refractivity contribution in [2.75, 3.05) is 0 Å². The molecule has 0 radical (unpaired) electrons. The SMILES string of the molecule is C(=C\c1ccccc1-c1ncc[nH]1)/c1ccccc1. The first-order chi connectivity index (χ1) is 9.43. The number of benzene rings is 2. The van der Waals surface area contributed by atoms with Gasteiger partial charge in [-0.05, 0) is 11.1 Å². The molecule has 2 nitrogen and oxygen atoms in total. The summed E-state index contributed by atoms with van der Waals surface area (Å²) in [7, 11) is 0. The minimum atomic E-state index is 0.897. The number of rotatable bonds is 3. The smallest absolute Gasteiger partial charge is 0.137 e. The summed E-state index contributed by atoms with van der Waals surface area (Å²) in [5, 5.41) is 0. The van der Waals surface area contributed by atoms with Gasteiger partial charge in [-0.1, -0.05) is 66.7 Å². The molecule has 19 heavy (non-hydrogen) atoms. The maximum atomic E-state index is 4.31. The van der Waals surface area contributed by atoms with Gasteiger partial charge in [0.25, 0.3) is 0 Å². The molecule has 0 amide bonds. The zero-order chi connectivity index (χ0) is 12.9. The van der Waals surface area contributed by atoms with E-state index in [1.165, 1.54) is 5.56 Å². The minimum absolute atomic E-state index is 0.897. The average Bonchev–Trinajstić information content (AvgIpc) is 3.01. The molecule has 0 saturated heterocycles. The van der Waals surface area contributed by atoms with Crippen LogP contribution in [-0.4, -0.2) is 9.97 Å². The van der Waals surface area contributed by atoms with Crippen LogP contribution >= 0.6 is 0 Å². The Labute approximate surface area is 112 Å². The van der Waals surface area contributed by atoms with E-state index >= 15 is 0 Å². The van der Waals surface area contributed by atoms with E-state index in [4.69, 9.17) is 0 Å². The fourth-order valence-corrected chi connectivity index (χ4v) is 2.02. The van der Waals surface area contributed by atoms with Gasteiger partial charge >= 0.3 is 0 Å². The molecule has 92 valence electrons. The molecule has 0 spiro atoms. The highest BCUT2D eigenvalue weighted by Gasteiger charge is 2.03. The molecule has 0 fully saturated rings. The van der Waals surface area contributed by atoms with Crippen LogP contribution in [-0.2, 0) is 0 Å². The summed E-state index contributed by atoms with van der Waals surface area (Å²) in [5.41, 5.74) is 3.46. The van der Waals surface area contributed by atoms with E-state index in [0.717, 1.165) is 17.0 Å². The molecule has 1 N–H and O–H groups in total. The zero-order valence-electron chi connectivity index (χ0n) is 10.5. The largest absolute Gasteiger partial charge is 0.345 e. The summed E-state index contributed by atoms with van der Waals surface area (Å²) >= 11 is 0. The molecule has 1 aromatic heterocycles. The van der Waals surface area contributed by atoms with Crippen LogP contribution in [0.25, 0.3) is 23.5 Å². The van der Waals surface area contributed by atoms with Crippen molar-refractivity contribution in [3.63, 3.8) is 0 Å². The van der Waals surface area contributed by atoms with Crippen molar-refractivity contribution in [3.8, 4) is 11.4 Å². The van der Waals surface area contributed by atoms with Crippen molar-refractivity contribution in [2.45, 2.75) is 0 Å². The Kier molecular flexibility index (Phi) is 3.24. The fourth-order valence-electron chi connectivity index (χ4n) is 2.02. The van der Waals surface area contributed by atoms with Gasteiger partial charge in [-0.2, -0.15) is 0 Å². The van der Waals surface area contributed by atoms with Gasteiger partial charge in [0.1, 0.15) is 5.82 Å². The van der Waals surface area contributed by atoms with Crippen LogP contribution in [0.1, 0.15) is 11.1 Å². The van der Waals surface area contributed by atoms with E-state index in [0.29, 0.717) is 0 Å². The highest BCUT2D eigenvalue weighted by molar-refractivity contribution is 5.78. The summed E-state index contributed by atoms with van der Waals surface area (Å²) in [6, 6.07) is 18.5. The molecule has 0 bridgehead atoms. The molecule has 0 unspecified atom stereocenters. The predicted octanol–water partition coefficient (Wildman–Crippen LogP) is 4.25. The van der Waals surface area contributed by atoms with Crippen molar-refractivity contribution in [2.24, 2.45) is 0 Å². The molecule has 0 aliphatic carbocycles. The van der Waals surface area contributed by atoms with Gasteiger partial charge in [-0.15, -0.1) is 0 Å². The van der Waals surface area contributed by atoms with Crippen LogP contribution in [0.15, 0.2) is 67.0 Å². The van der Waals surface area contributed by atoms with Crippen molar-refractivity contribution in [1.29, 1.82) is 0 Å². The second kappa shape index (κ2) is 5.36. The number of imidazole rings is 1. The molecule has 0 aliphatic rings. The number of nitrogens with one attached hydrogen (secondary N) is 1. The lowest BCUT2D eigenvalue weighted by molar-refractivity contribution is 1.31. The highest BCUT2D eigenvalue weighted by Crippen LogP contribution is 2.21. The average molecular weight is 246 g/mol. The van der Waals surface area contributed by atoms with E-state index in [1.807, 2.05) is 36.5 Å². The minimum Gasteiger partial charge on any atom is -0.345 e. The number of H-pyrrole nitrogens is 1. The van der Waals surface area contributed by atoms with Crippen LogP contribution in [0.3, 0.4) is 0 Å². The van der Waals surface area contributed by atoms with Crippen LogP contribution in [0.4, 0.5) is 0 Å². The number of hydrogen-bond donors (Lipinski definition) is 1. The number of hydrogen-bond acceptors (Lipinski definition) is 1. The first-order valence-corrected chi connectivity index (χ1v) is 6.25. The van der Waals surface area contributed by atoms with Crippen molar-refractivity contribution in [1.82, 2.24) is 9.97 Å². The lowest BCUT2D eigenvalue weighted by Crippen LogP contribution is -1.84. The summed E-state index contributed by atoms with van der Waals surface area (Å²) in [6.07, 6.45) is 7.84. The maximum Gasteiger partial charge on any atom is 0.137 e. The van der Waals surface area contributed by atoms with Gasteiger partial charge in [0.15, 0.2) is 0 Å². The van der Waals surface area contributed by atoms with Crippen molar-refractivity contribution >= 4 is 12.2 Å². The summed E-state index contributed by atoms with van der Waals surface area (Å²) < 4.78 is 0. The first kappa shape index (κ1) is 11.5. The molecule has 0 saturated carbocycles. The summed E-state index contributed by atoms with van der Waals surface area (Å²) in [5.74, 6) is 0.897. The Morgan fingerprint density at radius 2 is 1.63 bits per heavy atom. The maximum absolute atomic E-state index is 4.31. The van der Waals surface area contributed by atoms with Gasteiger partial charge in [-0.25, -0.2) is 4.98 Å². The second-order valence-corrected chi connectivity index (χ2v) is 4.27. The molecular formula is C17H14N2. The molecule has 0 atom stereocenters. The van der Waals surface area contributed by atoms with Crippen LogP contribution in [0.2, 0.25) is 0 Å². The molecule has 1 heterocycles. The summed E-state index contributed by atoms with van der Waals surface area (Å²) in [6.45, 7) is 0. The lowest BCUT2D eigenvalue weighted by atomic mass is 10.1. The van der Waals surface area contributed by atoms with Gasteiger partial charge < -0.3 is 4.98 Å². The van der Waals surface area contributed by atoms with Crippen LogP contribution in [0, 0.1) is 0 Å². The Hall–Kier alpha value is -2.61. The topological polar surface area (TPSA) is 28.7 Å². The first-order valence-electron chi connectivity index (χ1n) is 6.25. The third kappa shape index (κ3) is 2.63. The fraction of sp³-hybridized carbons (Fsp3) is 0. The standard InChI is InChI=1S/C17H14N2/c1-2-6-14(7-3-1)10-11-15-8-4-5-9-16(15)17-18-12-13-19-17/h1-13H,(H,18,19)/b11-10+. The Morgan fingerprint density at radius 1 is 0.842 bits per heavy atom. The van der Waals surface area contributed by atoms with E-state index in [1.54, 1.807) is 6.20 Å². The van der Waals surface area contributed by atoms with E-state index in [2.05, 4.69) is 46.4 Å². The second-order valence-electron chi connectivity index (χ2n) is 4.27. The Balaban J connectivity index is 1.96. The van der Waals surface area contributed by atoms with E-state index in [-0.39, 0.29) is 0 Å². The Morgan fingerprint density at radius 3 is 2.42 bits per heavy atom.